The van der Waals surface area contributed by atoms with Crippen molar-refractivity contribution in [3.63, 3.8) is 0 Å². The fraction of sp³-hybridized carbons (Fsp3) is 0.500. The first-order valence-electron chi connectivity index (χ1n) is 12.0. The van der Waals surface area contributed by atoms with Crippen molar-refractivity contribution in [2.45, 2.75) is 73.3 Å². The van der Waals surface area contributed by atoms with Gasteiger partial charge in [-0.15, -0.1) is 11.8 Å². The largest absolute Gasteiger partial charge is 0.307 e. The van der Waals surface area contributed by atoms with Gasteiger partial charge in [0.15, 0.2) is 0 Å². The van der Waals surface area contributed by atoms with Gasteiger partial charge in [0.05, 0.1) is 6.26 Å². The number of sulfonamides is 1. The number of hydrogen-bond acceptors (Lipinski definition) is 4. The minimum absolute atomic E-state index is 0.0383. The van der Waals surface area contributed by atoms with Gasteiger partial charge in [-0.3, -0.25) is 9.52 Å². The highest BCUT2D eigenvalue weighted by Crippen LogP contribution is 2.50. The zero-order valence-corrected chi connectivity index (χ0v) is 20.8. The lowest BCUT2D eigenvalue weighted by Crippen LogP contribution is -2.38. The molecule has 5 rings (SSSR count). The molecule has 1 amide bonds. The summed E-state index contributed by atoms with van der Waals surface area (Å²) in [6.07, 6.45) is 11.8. The quantitative estimate of drug-likeness (QED) is 0.569. The summed E-state index contributed by atoms with van der Waals surface area (Å²) >= 11 is 1.90. The second-order valence-corrected chi connectivity index (χ2v) is 13.0. The Bertz CT molecular complexity index is 1150. The molecule has 0 bridgehead atoms. The molecule has 1 spiro atoms. The molecule has 3 aliphatic rings. The summed E-state index contributed by atoms with van der Waals surface area (Å²) in [4.78, 5) is 16.9. The Labute approximate surface area is 201 Å². The first-order chi connectivity index (χ1) is 15.8. The molecular weight excluding hydrogens is 452 g/mol. The van der Waals surface area contributed by atoms with E-state index in [0.717, 1.165) is 42.5 Å². The van der Waals surface area contributed by atoms with E-state index >= 15 is 0 Å². The number of carbonyl (C=O) groups excluding carboxylic acids is 1. The van der Waals surface area contributed by atoms with Crippen molar-refractivity contribution in [3.8, 4) is 0 Å². The number of rotatable bonds is 5. The number of hydrogen-bond donors (Lipinski definition) is 1. The maximum absolute atomic E-state index is 13.7. The number of carbonyl (C=O) groups is 1. The molecule has 0 radical (unpaired) electrons. The average Bonchev–Trinajstić information content (AvgIpc) is 3.40. The number of anilines is 2. The highest BCUT2D eigenvalue weighted by molar-refractivity contribution is 8.00. The van der Waals surface area contributed by atoms with E-state index in [1.165, 1.54) is 43.3 Å². The fourth-order valence-corrected chi connectivity index (χ4v) is 7.70. The van der Waals surface area contributed by atoms with Crippen LogP contribution in [-0.4, -0.2) is 32.4 Å². The van der Waals surface area contributed by atoms with Crippen molar-refractivity contribution in [1.82, 2.24) is 0 Å². The van der Waals surface area contributed by atoms with Gasteiger partial charge in [0.25, 0.3) is 5.91 Å². The van der Waals surface area contributed by atoms with Crippen molar-refractivity contribution in [1.29, 1.82) is 0 Å². The zero-order valence-electron chi connectivity index (χ0n) is 19.2. The fourth-order valence-electron chi connectivity index (χ4n) is 5.84. The molecule has 2 aliphatic carbocycles. The lowest BCUT2D eigenvalue weighted by molar-refractivity contribution is 0.0982. The molecule has 7 heteroatoms. The molecule has 0 unspecified atom stereocenters. The van der Waals surface area contributed by atoms with Crippen LogP contribution in [0.4, 0.5) is 11.4 Å². The molecule has 5 nitrogen and oxygen atoms in total. The number of nitrogens with one attached hydrogen (secondary N) is 1. The third-order valence-electron chi connectivity index (χ3n) is 7.36. The van der Waals surface area contributed by atoms with Crippen molar-refractivity contribution in [2.75, 3.05) is 22.4 Å². The summed E-state index contributed by atoms with van der Waals surface area (Å²) in [6.45, 7) is 0.670. The lowest BCUT2D eigenvalue weighted by Gasteiger charge is -2.34. The summed E-state index contributed by atoms with van der Waals surface area (Å²) in [5.74, 6) is 0.0383. The third-order valence-corrected chi connectivity index (χ3v) is 9.30. The molecule has 2 fully saturated rings. The average molecular weight is 485 g/mol. The Morgan fingerprint density at radius 2 is 1.79 bits per heavy atom. The summed E-state index contributed by atoms with van der Waals surface area (Å²) in [7, 11) is -3.36. The van der Waals surface area contributed by atoms with Crippen molar-refractivity contribution >= 4 is 39.1 Å². The van der Waals surface area contributed by atoms with E-state index in [2.05, 4.69) is 16.9 Å². The van der Waals surface area contributed by atoms with Crippen LogP contribution in [0, 0.1) is 0 Å². The van der Waals surface area contributed by atoms with E-state index in [1.54, 1.807) is 6.07 Å². The summed E-state index contributed by atoms with van der Waals surface area (Å²) in [6, 6.07) is 13.7. The number of thioether (sulfide) groups is 1. The summed E-state index contributed by atoms with van der Waals surface area (Å²) in [5.41, 5.74) is 3.25. The van der Waals surface area contributed by atoms with Crippen molar-refractivity contribution < 1.29 is 13.2 Å². The Morgan fingerprint density at radius 3 is 2.52 bits per heavy atom. The minimum Gasteiger partial charge on any atom is -0.307 e. The van der Waals surface area contributed by atoms with E-state index in [0.29, 0.717) is 17.5 Å². The molecule has 2 aromatic rings. The number of benzene rings is 2. The maximum Gasteiger partial charge on any atom is 0.258 e. The lowest BCUT2D eigenvalue weighted by atomic mass is 9.70. The van der Waals surface area contributed by atoms with E-state index in [9.17, 15) is 13.2 Å². The molecule has 176 valence electrons. The van der Waals surface area contributed by atoms with Gasteiger partial charge in [-0.2, -0.15) is 0 Å². The van der Waals surface area contributed by atoms with Gasteiger partial charge in [0, 0.05) is 39.0 Å². The van der Waals surface area contributed by atoms with Gasteiger partial charge in [-0.25, -0.2) is 8.42 Å². The second kappa shape index (κ2) is 8.99. The van der Waals surface area contributed by atoms with Crippen LogP contribution in [0.1, 0.15) is 73.7 Å². The normalized spacial score (nSPS) is 20.2. The highest BCUT2D eigenvalue weighted by atomic mass is 32.2. The van der Waals surface area contributed by atoms with E-state index in [1.807, 2.05) is 40.9 Å². The van der Waals surface area contributed by atoms with Crippen LogP contribution in [-0.2, 0) is 15.4 Å². The molecule has 0 saturated heterocycles. The van der Waals surface area contributed by atoms with Gasteiger partial charge in [0.1, 0.15) is 0 Å². The Kier molecular flexibility index (Phi) is 6.21. The van der Waals surface area contributed by atoms with E-state index < -0.39 is 10.0 Å². The molecule has 1 N–H and O–H groups in total. The molecule has 2 saturated carbocycles. The first kappa shape index (κ1) is 22.8. The summed E-state index contributed by atoms with van der Waals surface area (Å²) in [5, 5.41) is 0.661. The van der Waals surface area contributed by atoms with Gasteiger partial charge < -0.3 is 4.90 Å². The molecule has 2 aromatic carbocycles. The highest BCUT2D eigenvalue weighted by Gasteiger charge is 2.45. The molecule has 1 heterocycles. The number of fused-ring (bicyclic) bond motifs is 2. The minimum atomic E-state index is -3.36. The molecule has 33 heavy (non-hydrogen) atoms. The van der Waals surface area contributed by atoms with Crippen LogP contribution in [0.25, 0.3) is 0 Å². The molecule has 0 atom stereocenters. The Morgan fingerprint density at radius 1 is 1.03 bits per heavy atom. The second-order valence-electron chi connectivity index (χ2n) is 9.89. The predicted molar refractivity (Wildman–Crippen MR) is 136 cm³/mol. The standard InChI is InChI=1S/C26H32N2O3S2/c1-33(30,31)27-20-12-13-24-23(17-20)26(14-5-2-6-15-26)18-28(24)25(29)19-8-7-11-22(16-19)32-21-9-3-4-10-21/h7-8,11-13,16-17,21,27H,2-6,9-10,14-15,18H2,1H3. The van der Waals surface area contributed by atoms with E-state index in [-0.39, 0.29) is 11.3 Å². The smallest absolute Gasteiger partial charge is 0.258 e. The van der Waals surface area contributed by atoms with Crippen LogP contribution in [0.5, 0.6) is 0 Å². The molecule has 0 aromatic heterocycles. The van der Waals surface area contributed by atoms with Crippen LogP contribution in [0.15, 0.2) is 47.4 Å². The van der Waals surface area contributed by atoms with Gasteiger partial charge in [0.2, 0.25) is 10.0 Å². The molecular formula is C26H32N2O3S2. The summed E-state index contributed by atoms with van der Waals surface area (Å²) < 4.78 is 26.2. The van der Waals surface area contributed by atoms with Gasteiger partial charge >= 0.3 is 0 Å². The first-order valence-corrected chi connectivity index (χ1v) is 14.8. The number of amides is 1. The maximum atomic E-state index is 13.7. The van der Waals surface area contributed by atoms with Crippen LogP contribution in [0.3, 0.4) is 0 Å². The Hall–Kier alpha value is -1.99. The van der Waals surface area contributed by atoms with Crippen molar-refractivity contribution in [2.24, 2.45) is 0 Å². The monoisotopic (exact) mass is 484 g/mol. The topological polar surface area (TPSA) is 66.5 Å². The third kappa shape index (κ3) is 4.80. The molecule has 1 aliphatic heterocycles. The van der Waals surface area contributed by atoms with E-state index in [4.69, 9.17) is 0 Å². The van der Waals surface area contributed by atoms with Crippen LogP contribution < -0.4 is 9.62 Å². The predicted octanol–water partition coefficient (Wildman–Crippen LogP) is 5.96. The number of nitrogens with zero attached hydrogens (tertiary/aromatic N) is 1. The SMILES string of the molecule is CS(=O)(=O)Nc1ccc2c(c1)C1(CCCCC1)CN2C(=O)c1cccc(SC2CCCC2)c1. The van der Waals surface area contributed by atoms with Gasteiger partial charge in [-0.05, 0) is 67.6 Å². The van der Waals surface area contributed by atoms with Crippen LogP contribution >= 0.6 is 11.8 Å². The Balaban J connectivity index is 1.46. The van der Waals surface area contributed by atoms with Gasteiger partial charge in [-0.1, -0.05) is 38.2 Å². The zero-order chi connectivity index (χ0) is 23.1. The van der Waals surface area contributed by atoms with Crippen LogP contribution in [0.2, 0.25) is 0 Å². The van der Waals surface area contributed by atoms with Crippen molar-refractivity contribution in [3.05, 3.63) is 53.6 Å².